The summed E-state index contributed by atoms with van der Waals surface area (Å²) in [6.07, 6.45) is 6.81. The molecule has 2 heteroatoms. The van der Waals surface area contributed by atoms with E-state index in [-0.39, 0.29) is 5.41 Å². The summed E-state index contributed by atoms with van der Waals surface area (Å²) in [6.45, 7) is 1.98. The van der Waals surface area contributed by atoms with Crippen molar-refractivity contribution in [2.45, 2.75) is 25.7 Å². The summed E-state index contributed by atoms with van der Waals surface area (Å²) in [6, 6.07) is 0. The molecule has 0 atom stereocenters. The standard InChI is InChI=1S/C9H14NO/c11-7-9-3-1-8(2-4-9)5-10-6-9/h8,10H,1-6H2. The van der Waals surface area contributed by atoms with E-state index in [1.165, 1.54) is 12.8 Å². The van der Waals surface area contributed by atoms with Crippen LogP contribution in [-0.2, 0) is 4.79 Å². The first-order valence-corrected chi connectivity index (χ1v) is 4.45. The highest BCUT2D eigenvalue weighted by Gasteiger charge is 2.38. The maximum atomic E-state index is 10.7. The van der Waals surface area contributed by atoms with Gasteiger partial charge in [0.25, 0.3) is 0 Å². The van der Waals surface area contributed by atoms with Gasteiger partial charge in [0.15, 0.2) is 0 Å². The molecular formula is C9H14NO. The topological polar surface area (TPSA) is 29.1 Å². The Bertz CT molecular complexity index is 153. The van der Waals surface area contributed by atoms with Crippen molar-refractivity contribution in [3.63, 3.8) is 0 Å². The molecule has 61 valence electrons. The lowest BCUT2D eigenvalue weighted by Crippen LogP contribution is -2.32. The Hall–Kier alpha value is -0.370. The maximum absolute atomic E-state index is 10.7. The molecule has 0 aromatic carbocycles. The monoisotopic (exact) mass is 152 g/mol. The van der Waals surface area contributed by atoms with E-state index < -0.39 is 0 Å². The first kappa shape index (κ1) is 7.29. The number of nitrogens with one attached hydrogen (secondary N) is 1. The van der Waals surface area contributed by atoms with Gasteiger partial charge < -0.3 is 5.32 Å². The summed E-state index contributed by atoms with van der Waals surface area (Å²) in [5.74, 6) is 0.832. The minimum Gasteiger partial charge on any atom is -0.315 e. The average Bonchev–Trinajstić information content (AvgIpc) is 2.37. The van der Waals surface area contributed by atoms with Crippen molar-refractivity contribution in [3.05, 3.63) is 0 Å². The molecule has 1 aliphatic carbocycles. The molecule has 0 amide bonds. The van der Waals surface area contributed by atoms with Crippen LogP contribution in [0.4, 0.5) is 0 Å². The number of rotatable bonds is 1. The predicted octanol–water partition coefficient (Wildman–Crippen LogP) is 0.876. The number of carbonyl (C=O) groups excluding carboxylic acids is 1. The second-order valence-electron chi connectivity index (χ2n) is 3.96. The van der Waals surface area contributed by atoms with Crippen LogP contribution < -0.4 is 5.32 Å². The van der Waals surface area contributed by atoms with Crippen LogP contribution in [-0.4, -0.2) is 19.4 Å². The fraction of sp³-hybridized carbons (Fsp3) is 0.889. The van der Waals surface area contributed by atoms with E-state index in [9.17, 15) is 4.79 Å². The van der Waals surface area contributed by atoms with Crippen LogP contribution in [0.1, 0.15) is 25.7 Å². The van der Waals surface area contributed by atoms with Crippen LogP contribution in [0.25, 0.3) is 0 Å². The minimum absolute atomic E-state index is 0.104. The molecule has 3 rings (SSSR count). The highest BCUT2D eigenvalue weighted by Crippen LogP contribution is 2.38. The lowest BCUT2D eigenvalue weighted by atomic mass is 9.73. The molecule has 3 aliphatic rings. The van der Waals surface area contributed by atoms with Gasteiger partial charge >= 0.3 is 0 Å². The minimum atomic E-state index is -0.104. The van der Waals surface area contributed by atoms with Gasteiger partial charge in [-0.3, -0.25) is 4.79 Å². The Balaban J connectivity index is 2.16. The number of hydrogen-bond donors (Lipinski definition) is 1. The van der Waals surface area contributed by atoms with E-state index in [2.05, 4.69) is 11.6 Å². The molecule has 0 aromatic rings. The molecule has 2 saturated heterocycles. The van der Waals surface area contributed by atoms with Crippen LogP contribution in [0.15, 0.2) is 0 Å². The van der Waals surface area contributed by atoms with Gasteiger partial charge in [-0.1, -0.05) is 0 Å². The van der Waals surface area contributed by atoms with Gasteiger partial charge in [0.05, 0.1) is 0 Å². The van der Waals surface area contributed by atoms with Gasteiger partial charge in [0.2, 0.25) is 6.29 Å². The molecule has 1 saturated carbocycles. The van der Waals surface area contributed by atoms with Crippen LogP contribution in [0.5, 0.6) is 0 Å². The second kappa shape index (κ2) is 2.59. The fourth-order valence-electron chi connectivity index (χ4n) is 2.26. The van der Waals surface area contributed by atoms with Gasteiger partial charge in [0.1, 0.15) is 0 Å². The molecule has 0 aromatic heterocycles. The molecule has 2 bridgehead atoms. The van der Waals surface area contributed by atoms with Crippen LogP contribution in [0, 0.1) is 11.3 Å². The van der Waals surface area contributed by atoms with Crippen LogP contribution in [0.2, 0.25) is 0 Å². The summed E-state index contributed by atoms with van der Waals surface area (Å²) in [5.41, 5.74) is -0.104. The Labute approximate surface area is 67.4 Å². The van der Waals surface area contributed by atoms with Crippen molar-refractivity contribution in [1.29, 1.82) is 0 Å². The molecule has 3 fully saturated rings. The van der Waals surface area contributed by atoms with Crippen molar-refractivity contribution in [3.8, 4) is 0 Å². The summed E-state index contributed by atoms with van der Waals surface area (Å²) in [7, 11) is 0. The summed E-state index contributed by atoms with van der Waals surface area (Å²) >= 11 is 0. The number of fused-ring (bicyclic) bond motifs is 4. The first-order valence-electron chi connectivity index (χ1n) is 4.45. The smallest absolute Gasteiger partial charge is 0.206 e. The molecule has 2 heterocycles. The summed E-state index contributed by atoms with van der Waals surface area (Å²) in [5, 5.41) is 3.34. The van der Waals surface area contributed by atoms with Crippen molar-refractivity contribution in [2.24, 2.45) is 11.3 Å². The zero-order valence-electron chi connectivity index (χ0n) is 6.73. The molecule has 0 unspecified atom stereocenters. The van der Waals surface area contributed by atoms with Crippen molar-refractivity contribution >= 4 is 6.29 Å². The third-order valence-electron chi connectivity index (χ3n) is 3.18. The molecule has 11 heavy (non-hydrogen) atoms. The van der Waals surface area contributed by atoms with Gasteiger partial charge in [-0.25, -0.2) is 0 Å². The lowest BCUT2D eigenvalue weighted by molar-refractivity contribution is 0.260. The van der Waals surface area contributed by atoms with E-state index >= 15 is 0 Å². The largest absolute Gasteiger partial charge is 0.315 e. The van der Waals surface area contributed by atoms with Crippen LogP contribution in [0.3, 0.4) is 0 Å². The Kier molecular flexibility index (Phi) is 1.72. The molecule has 2 aliphatic heterocycles. The van der Waals surface area contributed by atoms with E-state index in [1.54, 1.807) is 0 Å². The van der Waals surface area contributed by atoms with Gasteiger partial charge in [0, 0.05) is 12.0 Å². The quantitative estimate of drug-likeness (QED) is 0.604. The van der Waals surface area contributed by atoms with E-state index in [0.717, 1.165) is 31.8 Å². The molecule has 1 N–H and O–H groups in total. The normalized spacial score (nSPS) is 43.5. The summed E-state index contributed by atoms with van der Waals surface area (Å²) in [4.78, 5) is 10.7. The van der Waals surface area contributed by atoms with Gasteiger partial charge in [-0.15, -0.1) is 0 Å². The molecule has 2 nitrogen and oxygen atoms in total. The average molecular weight is 152 g/mol. The lowest BCUT2D eigenvalue weighted by Gasteiger charge is -2.29. The Morgan fingerprint density at radius 1 is 1.36 bits per heavy atom. The third kappa shape index (κ3) is 1.20. The third-order valence-corrected chi connectivity index (χ3v) is 3.18. The molecule has 0 spiro atoms. The Morgan fingerprint density at radius 3 is 2.73 bits per heavy atom. The zero-order valence-corrected chi connectivity index (χ0v) is 6.73. The van der Waals surface area contributed by atoms with Gasteiger partial charge in [-0.2, -0.15) is 0 Å². The fourth-order valence-corrected chi connectivity index (χ4v) is 2.26. The SMILES string of the molecule is O=[C]C12CCC(CC1)CNC2. The second-order valence-corrected chi connectivity index (χ2v) is 3.96. The zero-order chi connectivity index (χ0) is 7.73. The van der Waals surface area contributed by atoms with Gasteiger partial charge in [-0.05, 0) is 38.1 Å². The number of hydrogen-bond acceptors (Lipinski definition) is 2. The Morgan fingerprint density at radius 2 is 2.09 bits per heavy atom. The van der Waals surface area contributed by atoms with Crippen molar-refractivity contribution in [2.75, 3.05) is 13.1 Å². The predicted molar refractivity (Wildman–Crippen MR) is 43.0 cm³/mol. The molecular weight excluding hydrogens is 138 g/mol. The van der Waals surface area contributed by atoms with Crippen LogP contribution >= 0.6 is 0 Å². The molecule has 1 radical (unpaired) electrons. The van der Waals surface area contributed by atoms with E-state index in [1.807, 2.05) is 0 Å². The van der Waals surface area contributed by atoms with Crippen molar-refractivity contribution < 1.29 is 4.79 Å². The van der Waals surface area contributed by atoms with E-state index in [4.69, 9.17) is 0 Å². The van der Waals surface area contributed by atoms with Crippen molar-refractivity contribution in [1.82, 2.24) is 5.32 Å². The summed E-state index contributed by atoms with van der Waals surface area (Å²) < 4.78 is 0. The maximum Gasteiger partial charge on any atom is 0.206 e. The highest BCUT2D eigenvalue weighted by molar-refractivity contribution is 5.61. The highest BCUT2D eigenvalue weighted by atomic mass is 16.1. The first-order chi connectivity index (χ1) is 5.35. The van der Waals surface area contributed by atoms with E-state index in [0.29, 0.717) is 0 Å².